The number of nitrogens with one attached hydrogen (secondary N) is 2. The van der Waals surface area contributed by atoms with E-state index < -0.39 is 40.3 Å². The van der Waals surface area contributed by atoms with Crippen LogP contribution < -0.4 is 15.4 Å². The van der Waals surface area contributed by atoms with E-state index >= 15 is 0 Å². The molecule has 0 aliphatic rings. The summed E-state index contributed by atoms with van der Waals surface area (Å²) in [6.07, 6.45) is 1.98. The Labute approximate surface area is 297 Å². The quantitative estimate of drug-likeness (QED) is 0.133. The molecule has 0 bridgehead atoms. The summed E-state index contributed by atoms with van der Waals surface area (Å²) in [4.78, 5) is 35.5. The number of rotatable bonds is 10. The average Bonchev–Trinajstić information content (AvgIpc) is 3.61. The van der Waals surface area contributed by atoms with Crippen molar-refractivity contribution >= 4 is 39.8 Å². The van der Waals surface area contributed by atoms with Crippen LogP contribution in [-0.2, 0) is 26.8 Å². The van der Waals surface area contributed by atoms with Gasteiger partial charge in [-0.2, -0.15) is 9.19 Å². The predicted molar refractivity (Wildman–Crippen MR) is 192 cm³/mol. The molecule has 0 fully saturated rings. The lowest BCUT2D eigenvalue weighted by atomic mass is 10.0. The van der Waals surface area contributed by atoms with Crippen LogP contribution in [0.15, 0.2) is 65.4 Å². The molecular formula is C36H42N6O8S. The normalized spacial score (nSPS) is 12.5. The average molecular weight is 719 g/mol. The van der Waals surface area contributed by atoms with E-state index in [-0.39, 0.29) is 18.2 Å². The molecule has 2 N–H and O–H groups in total. The third kappa shape index (κ3) is 9.42. The molecule has 270 valence electrons. The SMILES string of the molecule is Cc1occc1-c1nc(NC(=O)OC(C)(C)C)c(OC[C@H](Cc2ccccc2)NC(=O)OC(C)(C)C)cc1-c1cc2c(C)nn([SH](=O)=O)c2cn1. The number of nitrogens with zero attached hydrogens (tertiary/aromatic N) is 4. The highest BCUT2D eigenvalue weighted by atomic mass is 32.2. The Bertz CT molecular complexity index is 2120. The van der Waals surface area contributed by atoms with E-state index in [1.165, 1.54) is 12.5 Å². The van der Waals surface area contributed by atoms with Gasteiger partial charge in [0, 0.05) is 16.5 Å². The fraction of sp³-hybridized carbons (Fsp3) is 0.361. The Morgan fingerprint density at radius 2 is 1.63 bits per heavy atom. The van der Waals surface area contributed by atoms with Crippen molar-refractivity contribution in [3.05, 3.63) is 78.0 Å². The molecule has 0 saturated carbocycles. The van der Waals surface area contributed by atoms with E-state index in [9.17, 15) is 18.0 Å². The van der Waals surface area contributed by atoms with Crippen molar-refractivity contribution in [1.29, 1.82) is 0 Å². The number of benzene rings is 1. The molecular weight excluding hydrogens is 676 g/mol. The van der Waals surface area contributed by atoms with Gasteiger partial charge in [0.2, 0.25) is 10.9 Å². The molecule has 4 aromatic heterocycles. The standard InChI is InChI=1S/C36H42N6O8S/c1-21-26-17-28(37-19-29(26)42(41-21)51(45)46)27-18-30(32(40-34(44)50-36(6,7)8)39-31(27)25-14-15-47-22(25)2)48-20-24(16-23-12-10-9-11-13-23)38-33(43)49-35(3,4)5/h9-15,17-19,24,51H,16,20H2,1-8H3,(H,38,43)(H,39,40,44)/t24-/m0/s1. The van der Waals surface area contributed by atoms with Crippen LogP contribution in [0.4, 0.5) is 15.4 Å². The molecule has 0 aliphatic carbocycles. The van der Waals surface area contributed by atoms with Gasteiger partial charge in [0.05, 0.1) is 35.6 Å². The number of thiol groups is 1. The number of carbonyl (C=O) groups excluding carboxylic acids is 2. The zero-order valence-electron chi connectivity index (χ0n) is 29.8. The van der Waals surface area contributed by atoms with E-state index in [4.69, 9.17) is 23.6 Å². The molecule has 1 aromatic carbocycles. The monoisotopic (exact) mass is 718 g/mol. The maximum Gasteiger partial charge on any atom is 0.413 e. The second-order valence-corrected chi connectivity index (χ2v) is 14.7. The number of pyridine rings is 2. The Hall–Kier alpha value is -5.44. The van der Waals surface area contributed by atoms with E-state index in [2.05, 4.69) is 20.7 Å². The topological polar surface area (TPSA) is 177 Å². The number of anilines is 1. The van der Waals surface area contributed by atoms with Gasteiger partial charge in [-0.1, -0.05) is 30.3 Å². The van der Waals surface area contributed by atoms with E-state index in [0.717, 1.165) is 9.65 Å². The summed E-state index contributed by atoms with van der Waals surface area (Å²) >= 11 is 0. The lowest BCUT2D eigenvalue weighted by Crippen LogP contribution is -2.43. The zero-order chi connectivity index (χ0) is 37.1. The van der Waals surface area contributed by atoms with Gasteiger partial charge in [0.25, 0.3) is 0 Å². The number of ether oxygens (including phenoxy) is 3. The molecule has 51 heavy (non-hydrogen) atoms. The summed E-state index contributed by atoms with van der Waals surface area (Å²) in [6.45, 7) is 14.0. The van der Waals surface area contributed by atoms with Gasteiger partial charge >= 0.3 is 12.2 Å². The van der Waals surface area contributed by atoms with Crippen molar-refractivity contribution in [1.82, 2.24) is 24.5 Å². The lowest BCUT2D eigenvalue weighted by molar-refractivity contribution is 0.0487. The highest BCUT2D eigenvalue weighted by Crippen LogP contribution is 2.39. The summed E-state index contributed by atoms with van der Waals surface area (Å²) in [7, 11) is -3.02. The summed E-state index contributed by atoms with van der Waals surface area (Å²) < 4.78 is 47.7. The summed E-state index contributed by atoms with van der Waals surface area (Å²) in [5.41, 5.74) is 2.17. The number of alkyl carbamates (subject to hydrolysis) is 1. The summed E-state index contributed by atoms with van der Waals surface area (Å²) in [6, 6.07) is 14.2. The lowest BCUT2D eigenvalue weighted by Gasteiger charge is -2.25. The highest BCUT2D eigenvalue weighted by Gasteiger charge is 2.26. The first kappa shape index (κ1) is 36.8. The summed E-state index contributed by atoms with van der Waals surface area (Å²) in [5.74, 6) is 0.757. The molecule has 0 saturated heterocycles. The van der Waals surface area contributed by atoms with Gasteiger partial charge in [-0.25, -0.2) is 23.0 Å². The second-order valence-electron chi connectivity index (χ2n) is 13.9. The van der Waals surface area contributed by atoms with Crippen molar-refractivity contribution in [3.63, 3.8) is 0 Å². The largest absolute Gasteiger partial charge is 0.488 e. The number of amides is 2. The second kappa shape index (κ2) is 14.8. The summed E-state index contributed by atoms with van der Waals surface area (Å²) in [5, 5.41) is 10.4. The van der Waals surface area contributed by atoms with Crippen LogP contribution in [0.3, 0.4) is 0 Å². The van der Waals surface area contributed by atoms with Crippen molar-refractivity contribution in [2.45, 2.75) is 79.1 Å². The molecule has 0 unspecified atom stereocenters. The minimum atomic E-state index is -3.02. The Morgan fingerprint density at radius 3 is 2.25 bits per heavy atom. The molecule has 5 aromatic rings. The molecule has 2 amide bonds. The molecule has 0 spiro atoms. The molecule has 0 aliphatic heterocycles. The van der Waals surface area contributed by atoms with Gasteiger partial charge in [-0.15, -0.1) is 0 Å². The zero-order valence-corrected chi connectivity index (χ0v) is 30.7. The maximum atomic E-state index is 13.1. The fourth-order valence-electron chi connectivity index (χ4n) is 5.26. The van der Waals surface area contributed by atoms with E-state index in [0.29, 0.717) is 51.3 Å². The van der Waals surface area contributed by atoms with Gasteiger partial charge in [0.1, 0.15) is 29.1 Å². The van der Waals surface area contributed by atoms with Gasteiger partial charge in [-0.3, -0.25) is 10.3 Å². The van der Waals surface area contributed by atoms with E-state index in [1.54, 1.807) is 73.6 Å². The Morgan fingerprint density at radius 1 is 0.941 bits per heavy atom. The van der Waals surface area contributed by atoms with Crippen molar-refractivity contribution < 1.29 is 36.6 Å². The third-order valence-corrected chi connectivity index (χ3v) is 7.98. The predicted octanol–water partition coefficient (Wildman–Crippen LogP) is 6.61. The van der Waals surface area contributed by atoms with Crippen LogP contribution in [0.25, 0.3) is 33.4 Å². The van der Waals surface area contributed by atoms with Crippen molar-refractivity contribution in [2.24, 2.45) is 0 Å². The molecule has 0 radical (unpaired) electrons. The van der Waals surface area contributed by atoms with Crippen LogP contribution in [0.2, 0.25) is 0 Å². The van der Waals surface area contributed by atoms with Crippen molar-refractivity contribution in [3.8, 4) is 28.3 Å². The first-order chi connectivity index (χ1) is 24.0. The number of carbonyl (C=O) groups is 2. The molecule has 14 nitrogen and oxygen atoms in total. The van der Waals surface area contributed by atoms with Gasteiger partial charge in [-0.05, 0) is 85.6 Å². The van der Waals surface area contributed by atoms with Gasteiger partial charge < -0.3 is 23.9 Å². The minimum Gasteiger partial charge on any atom is -0.488 e. The van der Waals surface area contributed by atoms with E-state index in [1.807, 2.05) is 30.3 Å². The molecule has 1 atom stereocenters. The van der Waals surface area contributed by atoms with Gasteiger partial charge in [0.15, 0.2) is 11.6 Å². The van der Waals surface area contributed by atoms with Crippen molar-refractivity contribution in [2.75, 3.05) is 11.9 Å². The molecule has 5 rings (SSSR count). The first-order valence-corrected chi connectivity index (χ1v) is 17.4. The minimum absolute atomic E-state index is 0.0444. The Kier molecular flexibility index (Phi) is 10.7. The van der Waals surface area contributed by atoms with Crippen LogP contribution in [0.5, 0.6) is 5.75 Å². The molecule has 15 heteroatoms. The maximum absolute atomic E-state index is 13.1. The highest BCUT2D eigenvalue weighted by molar-refractivity contribution is 7.70. The van der Waals surface area contributed by atoms with Crippen LogP contribution in [0.1, 0.15) is 58.6 Å². The van der Waals surface area contributed by atoms with Crippen LogP contribution >= 0.6 is 0 Å². The fourth-order valence-corrected chi connectivity index (χ4v) is 5.80. The number of aryl methyl sites for hydroxylation is 2. The number of furan rings is 1. The third-order valence-electron chi connectivity index (χ3n) is 7.37. The molecule has 4 heterocycles. The Balaban J connectivity index is 1.62. The first-order valence-electron chi connectivity index (χ1n) is 16.2. The van der Waals surface area contributed by atoms with Crippen LogP contribution in [0, 0.1) is 13.8 Å². The number of hydrogen-bond acceptors (Lipinski definition) is 11. The number of fused-ring (bicyclic) bond motifs is 1. The number of hydrogen-bond donors (Lipinski definition) is 3. The number of aromatic nitrogens is 4. The van der Waals surface area contributed by atoms with Crippen LogP contribution in [-0.4, -0.2) is 63.6 Å². The smallest absolute Gasteiger partial charge is 0.413 e.